The van der Waals surface area contributed by atoms with Crippen LogP contribution in [0.2, 0.25) is 0 Å². The van der Waals surface area contributed by atoms with Crippen LogP contribution in [0.25, 0.3) is 10.2 Å². The van der Waals surface area contributed by atoms with Crippen molar-refractivity contribution in [2.24, 2.45) is 0 Å². The smallest absolute Gasteiger partial charge is 0.261 e. The molecule has 1 amide bonds. The van der Waals surface area contributed by atoms with Crippen LogP contribution in [0.3, 0.4) is 0 Å². The van der Waals surface area contributed by atoms with Gasteiger partial charge in [0, 0.05) is 58.6 Å². The molecular weight excluding hydrogens is 450 g/mol. The number of piperazine rings is 1. The van der Waals surface area contributed by atoms with Crippen molar-refractivity contribution >= 4 is 39.1 Å². The standard InChI is InChI=1S/C24H31N7O2S/c1-17-20-22(31-11-9-30(10-12-31)19-5-3-4-6-25-19)27-18(2)28-24(20)34-21(17)23(32)26-7-8-29-13-15-33-16-14-29/h3-6H,7-16H2,1-2H3,(H,26,32). The molecule has 34 heavy (non-hydrogen) atoms. The number of morpholine rings is 1. The van der Waals surface area contributed by atoms with Gasteiger partial charge < -0.3 is 19.9 Å². The second kappa shape index (κ2) is 10.2. The van der Waals surface area contributed by atoms with E-state index >= 15 is 0 Å². The van der Waals surface area contributed by atoms with E-state index in [0.717, 1.165) is 97.1 Å². The van der Waals surface area contributed by atoms with Gasteiger partial charge >= 0.3 is 0 Å². The number of pyridine rings is 1. The van der Waals surface area contributed by atoms with Crippen LogP contribution < -0.4 is 15.1 Å². The summed E-state index contributed by atoms with van der Waals surface area (Å²) < 4.78 is 5.40. The first-order valence-electron chi connectivity index (χ1n) is 11.9. The third-order valence-electron chi connectivity index (χ3n) is 6.46. The molecule has 0 spiro atoms. The van der Waals surface area contributed by atoms with E-state index in [-0.39, 0.29) is 5.91 Å². The topological polar surface area (TPSA) is 86.7 Å². The molecule has 2 saturated heterocycles. The number of thiophene rings is 1. The lowest BCUT2D eigenvalue weighted by Crippen LogP contribution is -2.47. The highest BCUT2D eigenvalue weighted by molar-refractivity contribution is 7.20. The van der Waals surface area contributed by atoms with Gasteiger partial charge in [-0.25, -0.2) is 15.0 Å². The Bertz CT molecular complexity index is 1140. The minimum atomic E-state index is -0.0302. The fourth-order valence-electron chi connectivity index (χ4n) is 4.59. The van der Waals surface area contributed by atoms with Crippen molar-refractivity contribution in [1.29, 1.82) is 0 Å². The lowest BCUT2D eigenvalue weighted by atomic mass is 10.1. The Morgan fingerprint density at radius 3 is 2.56 bits per heavy atom. The Hall–Kier alpha value is -2.82. The van der Waals surface area contributed by atoms with Crippen LogP contribution in [-0.4, -0.2) is 91.3 Å². The Morgan fingerprint density at radius 2 is 1.82 bits per heavy atom. The summed E-state index contributed by atoms with van der Waals surface area (Å²) in [4.78, 5) is 35.5. The van der Waals surface area contributed by atoms with Crippen LogP contribution in [0.4, 0.5) is 11.6 Å². The van der Waals surface area contributed by atoms with Crippen LogP contribution in [0.15, 0.2) is 24.4 Å². The zero-order valence-corrected chi connectivity index (χ0v) is 20.6. The lowest BCUT2D eigenvalue weighted by Gasteiger charge is -2.36. The first kappa shape index (κ1) is 22.9. The predicted octanol–water partition coefficient (Wildman–Crippen LogP) is 2.09. The zero-order valence-electron chi connectivity index (χ0n) is 19.8. The molecule has 180 valence electrons. The number of carbonyl (C=O) groups excluding carboxylic acids is 1. The number of nitrogens with zero attached hydrogens (tertiary/aromatic N) is 6. The molecule has 9 nitrogen and oxygen atoms in total. The Labute approximate surface area is 203 Å². The SMILES string of the molecule is Cc1nc(N2CCN(c3ccccn3)CC2)c2c(C)c(C(=O)NCCN3CCOCC3)sc2n1. The highest BCUT2D eigenvalue weighted by atomic mass is 32.1. The van der Waals surface area contributed by atoms with Gasteiger partial charge in [0.25, 0.3) is 5.91 Å². The van der Waals surface area contributed by atoms with Gasteiger partial charge in [0.15, 0.2) is 0 Å². The van der Waals surface area contributed by atoms with Gasteiger partial charge in [-0.3, -0.25) is 9.69 Å². The maximum atomic E-state index is 13.0. The molecule has 5 rings (SSSR count). The normalized spacial score (nSPS) is 17.4. The summed E-state index contributed by atoms with van der Waals surface area (Å²) in [6.07, 6.45) is 1.83. The van der Waals surface area contributed by atoms with E-state index in [1.165, 1.54) is 11.3 Å². The van der Waals surface area contributed by atoms with Crippen molar-refractivity contribution in [2.45, 2.75) is 13.8 Å². The minimum absolute atomic E-state index is 0.0302. The van der Waals surface area contributed by atoms with E-state index in [2.05, 4.69) is 36.1 Å². The largest absolute Gasteiger partial charge is 0.379 e. The Balaban J connectivity index is 1.31. The summed E-state index contributed by atoms with van der Waals surface area (Å²) in [5, 5.41) is 4.10. The molecule has 0 aliphatic carbocycles. The van der Waals surface area contributed by atoms with Gasteiger partial charge in [0.1, 0.15) is 22.3 Å². The molecule has 3 aromatic rings. The average Bonchev–Trinajstić information content (AvgIpc) is 3.21. The number of fused-ring (bicyclic) bond motifs is 1. The number of aryl methyl sites for hydroxylation is 2. The zero-order chi connectivity index (χ0) is 23.5. The summed E-state index contributed by atoms with van der Waals surface area (Å²) in [5.74, 6) is 2.64. The van der Waals surface area contributed by atoms with Crippen LogP contribution >= 0.6 is 11.3 Å². The first-order valence-corrected chi connectivity index (χ1v) is 12.7. The quantitative estimate of drug-likeness (QED) is 0.573. The molecular formula is C24H31N7O2S. The van der Waals surface area contributed by atoms with Gasteiger partial charge in [-0.2, -0.15) is 0 Å². The Kier molecular flexibility index (Phi) is 6.89. The van der Waals surface area contributed by atoms with E-state index in [4.69, 9.17) is 9.72 Å². The van der Waals surface area contributed by atoms with E-state index in [1.807, 2.05) is 32.2 Å². The summed E-state index contributed by atoms with van der Waals surface area (Å²) in [6.45, 7) is 12.2. The summed E-state index contributed by atoms with van der Waals surface area (Å²) in [6, 6.07) is 6.01. The molecule has 2 aliphatic rings. The fraction of sp³-hybridized carbons (Fsp3) is 0.500. The highest BCUT2D eigenvalue weighted by Gasteiger charge is 2.25. The average molecular weight is 482 g/mol. The van der Waals surface area contributed by atoms with Crippen molar-refractivity contribution in [3.05, 3.63) is 40.7 Å². The van der Waals surface area contributed by atoms with Gasteiger partial charge in [-0.05, 0) is 31.5 Å². The number of aromatic nitrogens is 3. The van der Waals surface area contributed by atoms with Crippen molar-refractivity contribution in [2.75, 3.05) is 75.4 Å². The molecule has 0 aromatic carbocycles. The predicted molar refractivity (Wildman–Crippen MR) is 135 cm³/mol. The van der Waals surface area contributed by atoms with Crippen LogP contribution in [0.1, 0.15) is 21.1 Å². The van der Waals surface area contributed by atoms with E-state index < -0.39 is 0 Å². The molecule has 0 radical (unpaired) electrons. The maximum absolute atomic E-state index is 13.0. The number of carbonyl (C=O) groups is 1. The third-order valence-corrected chi connectivity index (χ3v) is 7.64. The van der Waals surface area contributed by atoms with Crippen molar-refractivity contribution < 1.29 is 9.53 Å². The summed E-state index contributed by atoms with van der Waals surface area (Å²) in [5.41, 5.74) is 0.964. The number of anilines is 2. The van der Waals surface area contributed by atoms with Crippen LogP contribution in [-0.2, 0) is 4.74 Å². The van der Waals surface area contributed by atoms with Gasteiger partial charge in [-0.1, -0.05) is 6.07 Å². The van der Waals surface area contributed by atoms with Crippen molar-refractivity contribution in [1.82, 2.24) is 25.2 Å². The number of hydrogen-bond donors (Lipinski definition) is 1. The van der Waals surface area contributed by atoms with Gasteiger partial charge in [0.05, 0.1) is 23.5 Å². The van der Waals surface area contributed by atoms with E-state index in [9.17, 15) is 4.79 Å². The monoisotopic (exact) mass is 481 g/mol. The third kappa shape index (κ3) is 4.84. The second-order valence-electron chi connectivity index (χ2n) is 8.70. The number of ether oxygens (including phenoxy) is 1. The molecule has 2 fully saturated rings. The number of hydrogen-bond acceptors (Lipinski definition) is 9. The molecule has 10 heteroatoms. The fourth-order valence-corrected chi connectivity index (χ4v) is 5.73. The maximum Gasteiger partial charge on any atom is 0.261 e. The summed E-state index contributed by atoms with van der Waals surface area (Å²) in [7, 11) is 0. The Morgan fingerprint density at radius 1 is 1.06 bits per heavy atom. The minimum Gasteiger partial charge on any atom is -0.379 e. The van der Waals surface area contributed by atoms with Crippen molar-refractivity contribution in [3.63, 3.8) is 0 Å². The second-order valence-corrected chi connectivity index (χ2v) is 9.70. The van der Waals surface area contributed by atoms with Gasteiger partial charge in [-0.15, -0.1) is 11.3 Å². The summed E-state index contributed by atoms with van der Waals surface area (Å²) >= 11 is 1.46. The molecule has 0 bridgehead atoms. The molecule has 0 atom stereocenters. The van der Waals surface area contributed by atoms with Crippen molar-refractivity contribution in [3.8, 4) is 0 Å². The molecule has 2 aliphatic heterocycles. The lowest BCUT2D eigenvalue weighted by molar-refractivity contribution is 0.0383. The molecule has 3 aromatic heterocycles. The first-order chi connectivity index (χ1) is 16.6. The van der Waals surface area contributed by atoms with E-state index in [1.54, 1.807) is 0 Å². The molecule has 0 unspecified atom stereocenters. The molecule has 0 saturated carbocycles. The number of amides is 1. The molecule has 5 heterocycles. The van der Waals surface area contributed by atoms with Crippen LogP contribution in [0.5, 0.6) is 0 Å². The van der Waals surface area contributed by atoms with E-state index in [0.29, 0.717) is 6.54 Å². The van der Waals surface area contributed by atoms with Gasteiger partial charge in [0.2, 0.25) is 0 Å². The number of nitrogens with one attached hydrogen (secondary N) is 1. The number of rotatable bonds is 6. The van der Waals surface area contributed by atoms with Crippen LogP contribution in [0, 0.1) is 13.8 Å². The molecule has 1 N–H and O–H groups in total. The highest BCUT2D eigenvalue weighted by Crippen LogP contribution is 2.36.